The molecule has 0 amide bonds. The fourth-order valence-electron chi connectivity index (χ4n) is 12.0. The minimum absolute atomic E-state index is 0.0155. The summed E-state index contributed by atoms with van der Waals surface area (Å²) in [6, 6.07) is 0. The van der Waals surface area contributed by atoms with Gasteiger partial charge in [-0.1, -0.05) is 41.2 Å². The van der Waals surface area contributed by atoms with E-state index in [0.717, 1.165) is 64.1 Å². The summed E-state index contributed by atoms with van der Waals surface area (Å²) in [4.78, 5) is 37.3. The van der Waals surface area contributed by atoms with Gasteiger partial charge < -0.3 is 9.47 Å². The summed E-state index contributed by atoms with van der Waals surface area (Å²) in [5, 5.41) is 0. The van der Waals surface area contributed by atoms with Crippen molar-refractivity contribution in [3.05, 3.63) is 12.2 Å². The minimum atomic E-state index is -0.482. The quantitative estimate of drug-likeness (QED) is 0.226. The molecule has 0 unspecified atom stereocenters. The highest BCUT2D eigenvalue weighted by Gasteiger charge is 2.72. The van der Waals surface area contributed by atoms with Crippen LogP contribution in [0, 0.1) is 56.7 Å². The molecule has 0 N–H and O–H groups in total. The van der Waals surface area contributed by atoms with E-state index >= 15 is 0 Å². The molecule has 5 nitrogen and oxygen atoms in total. The van der Waals surface area contributed by atoms with Gasteiger partial charge in [0.15, 0.2) is 0 Å². The van der Waals surface area contributed by atoms with E-state index in [0.29, 0.717) is 23.3 Å². The van der Waals surface area contributed by atoms with Crippen molar-refractivity contribution in [1.29, 1.82) is 0 Å². The van der Waals surface area contributed by atoms with Crippen LogP contribution in [-0.4, -0.2) is 31.4 Å². The largest absolute Gasteiger partial charge is 0.469 e. The number of ether oxygens (including phenoxy) is 2. The highest BCUT2D eigenvalue weighted by Crippen LogP contribution is 2.77. The first kappa shape index (κ1) is 27.9. The normalized spacial score (nSPS) is 48.9. The summed E-state index contributed by atoms with van der Waals surface area (Å²) >= 11 is 0. The van der Waals surface area contributed by atoms with Gasteiger partial charge >= 0.3 is 11.9 Å². The zero-order valence-electron chi connectivity index (χ0n) is 24.9. The van der Waals surface area contributed by atoms with Gasteiger partial charge in [0.1, 0.15) is 12.4 Å². The Bertz CT molecular complexity index is 1030. The van der Waals surface area contributed by atoms with Gasteiger partial charge in [-0.05, 0) is 116 Å². The molecule has 0 radical (unpaired) electrons. The van der Waals surface area contributed by atoms with E-state index in [4.69, 9.17) is 9.47 Å². The predicted molar refractivity (Wildman–Crippen MR) is 147 cm³/mol. The molecule has 212 valence electrons. The maximum absolute atomic E-state index is 13.4. The minimum Gasteiger partial charge on any atom is -0.469 e. The summed E-state index contributed by atoms with van der Waals surface area (Å²) in [6.07, 6.45) is 11.1. The molecule has 0 saturated heterocycles. The standard InChI is InChI=1S/C33H50O5/c1-20(19-34)22-11-16-33(28(36)37-8)18-17-31(6)23(27(22)33)9-10-25-30(5)14-13-26(38-21(2)35)29(3,4)24(30)12-15-32(25,31)7/h19,22-27H,1,9-18H2,2-8H3/t22-,23+,24-,25+,26-,27+,30-,31+,32+,33-/m0/s1. The Hall–Kier alpha value is -1.65. The lowest BCUT2D eigenvalue weighted by Gasteiger charge is -2.72. The molecule has 0 aromatic carbocycles. The van der Waals surface area contributed by atoms with Gasteiger partial charge in [-0.15, -0.1) is 0 Å². The zero-order chi connectivity index (χ0) is 27.9. The molecule has 0 bridgehead atoms. The van der Waals surface area contributed by atoms with Crippen LogP contribution in [0.1, 0.15) is 106 Å². The molecule has 5 aliphatic rings. The number of rotatable bonds is 4. The molecule has 0 aliphatic heterocycles. The maximum Gasteiger partial charge on any atom is 0.312 e. The maximum atomic E-state index is 13.4. The van der Waals surface area contributed by atoms with Crippen LogP contribution < -0.4 is 0 Å². The van der Waals surface area contributed by atoms with Gasteiger partial charge in [0, 0.05) is 12.3 Å². The molecule has 0 aromatic rings. The van der Waals surface area contributed by atoms with E-state index in [1.807, 2.05) is 0 Å². The predicted octanol–water partition coefficient (Wildman–Crippen LogP) is 6.93. The van der Waals surface area contributed by atoms with Gasteiger partial charge in [-0.2, -0.15) is 0 Å². The third kappa shape index (κ3) is 3.44. The first-order valence-electron chi connectivity index (χ1n) is 15.1. The lowest BCUT2D eigenvalue weighted by Crippen LogP contribution is -2.67. The first-order chi connectivity index (χ1) is 17.7. The number of hydrogen-bond acceptors (Lipinski definition) is 5. The van der Waals surface area contributed by atoms with Gasteiger partial charge in [-0.3, -0.25) is 14.4 Å². The second-order valence-corrected chi connectivity index (χ2v) is 15.1. The Morgan fingerprint density at radius 1 is 0.842 bits per heavy atom. The van der Waals surface area contributed by atoms with E-state index in [1.165, 1.54) is 20.5 Å². The van der Waals surface area contributed by atoms with Crippen molar-refractivity contribution in [2.75, 3.05) is 7.11 Å². The van der Waals surface area contributed by atoms with Crippen molar-refractivity contribution in [2.45, 2.75) is 112 Å². The molecule has 5 heteroatoms. The zero-order valence-corrected chi connectivity index (χ0v) is 24.9. The molecule has 0 heterocycles. The van der Waals surface area contributed by atoms with Crippen LogP contribution in [-0.2, 0) is 23.9 Å². The number of esters is 2. The Labute approximate surface area is 229 Å². The molecule has 5 saturated carbocycles. The molecule has 5 aliphatic carbocycles. The SMILES string of the molecule is C=C(C=O)[C@@H]1CC[C@]2(C(=O)OC)CC[C@]3(C)[C@H](CC[C@@H]4[C@@]5(C)CC[C@H](OC(C)=O)C(C)(C)[C@@H]5CC[C@]43C)[C@@H]12. The third-order valence-corrected chi connectivity index (χ3v) is 13.9. The summed E-state index contributed by atoms with van der Waals surface area (Å²) in [5.74, 6) is 1.45. The summed E-state index contributed by atoms with van der Waals surface area (Å²) in [6.45, 7) is 18.0. The van der Waals surface area contributed by atoms with Crippen LogP contribution in [0.2, 0.25) is 0 Å². The van der Waals surface area contributed by atoms with Gasteiger partial charge in [0.2, 0.25) is 0 Å². The smallest absolute Gasteiger partial charge is 0.312 e. The highest BCUT2D eigenvalue weighted by atomic mass is 16.5. The molecule has 38 heavy (non-hydrogen) atoms. The number of fused-ring (bicyclic) bond motifs is 7. The van der Waals surface area contributed by atoms with E-state index in [1.54, 1.807) is 0 Å². The number of hydrogen-bond donors (Lipinski definition) is 0. The van der Waals surface area contributed by atoms with Crippen molar-refractivity contribution >= 4 is 18.2 Å². The van der Waals surface area contributed by atoms with Crippen LogP contribution >= 0.6 is 0 Å². The van der Waals surface area contributed by atoms with Gasteiger partial charge in [-0.25, -0.2) is 0 Å². The van der Waals surface area contributed by atoms with E-state index in [-0.39, 0.29) is 51.5 Å². The number of carbonyl (C=O) groups excluding carboxylic acids is 3. The Kier molecular flexibility index (Phi) is 6.56. The first-order valence-corrected chi connectivity index (χ1v) is 15.1. The van der Waals surface area contributed by atoms with E-state index in [9.17, 15) is 14.4 Å². The van der Waals surface area contributed by atoms with Crippen molar-refractivity contribution in [3.8, 4) is 0 Å². The lowest BCUT2D eigenvalue weighted by molar-refractivity contribution is -0.250. The molecule has 5 fully saturated rings. The molecule has 0 aromatic heterocycles. The topological polar surface area (TPSA) is 69.7 Å². The number of allylic oxidation sites excluding steroid dienone is 1. The number of aldehydes is 1. The van der Waals surface area contributed by atoms with E-state index in [2.05, 4.69) is 41.2 Å². The molecular weight excluding hydrogens is 476 g/mol. The third-order valence-electron chi connectivity index (χ3n) is 13.9. The van der Waals surface area contributed by atoms with Gasteiger partial charge in [0.05, 0.1) is 12.5 Å². The summed E-state index contributed by atoms with van der Waals surface area (Å²) < 4.78 is 11.3. The highest BCUT2D eigenvalue weighted by molar-refractivity contribution is 5.80. The lowest BCUT2D eigenvalue weighted by atomic mass is 9.32. The molecule has 5 rings (SSSR count). The van der Waals surface area contributed by atoms with Crippen LogP contribution in [0.25, 0.3) is 0 Å². The van der Waals surface area contributed by atoms with E-state index < -0.39 is 5.41 Å². The Morgan fingerprint density at radius 3 is 2.18 bits per heavy atom. The molecule has 0 spiro atoms. The fraction of sp³-hybridized carbons (Fsp3) is 0.848. The number of carbonyl (C=O) groups is 3. The monoisotopic (exact) mass is 526 g/mol. The van der Waals surface area contributed by atoms with Crippen LogP contribution in [0.4, 0.5) is 0 Å². The molecule has 10 atom stereocenters. The second kappa shape index (κ2) is 8.93. The summed E-state index contributed by atoms with van der Waals surface area (Å²) in [5.41, 5.74) is 0.572. The molecular formula is C33H50O5. The Balaban J connectivity index is 1.53. The van der Waals surface area contributed by atoms with Crippen molar-refractivity contribution < 1.29 is 23.9 Å². The van der Waals surface area contributed by atoms with Crippen molar-refractivity contribution in [3.63, 3.8) is 0 Å². The Morgan fingerprint density at radius 2 is 1.55 bits per heavy atom. The van der Waals surface area contributed by atoms with Gasteiger partial charge in [0.25, 0.3) is 0 Å². The van der Waals surface area contributed by atoms with Crippen LogP contribution in [0.3, 0.4) is 0 Å². The van der Waals surface area contributed by atoms with Crippen molar-refractivity contribution in [2.24, 2.45) is 56.7 Å². The van der Waals surface area contributed by atoms with Crippen LogP contribution in [0.5, 0.6) is 0 Å². The average molecular weight is 527 g/mol. The van der Waals surface area contributed by atoms with Crippen LogP contribution in [0.15, 0.2) is 12.2 Å². The van der Waals surface area contributed by atoms with Crippen molar-refractivity contribution in [1.82, 2.24) is 0 Å². The summed E-state index contributed by atoms with van der Waals surface area (Å²) in [7, 11) is 1.53. The number of methoxy groups -OCH3 is 1. The fourth-order valence-corrected chi connectivity index (χ4v) is 12.0. The second-order valence-electron chi connectivity index (χ2n) is 15.1. The average Bonchev–Trinajstić information content (AvgIpc) is 3.26.